The second-order valence-corrected chi connectivity index (χ2v) is 5.30. The highest BCUT2D eigenvalue weighted by molar-refractivity contribution is 7.98. The van der Waals surface area contributed by atoms with Crippen LogP contribution in [0, 0.1) is 0 Å². The number of carbonyl (C=O) groups is 2. The number of hydrogen-bond acceptors (Lipinski definition) is 6. The minimum Gasteiger partial charge on any atom is -0.464 e. The lowest BCUT2D eigenvalue weighted by molar-refractivity contribution is -0.145. The molecule has 0 rings (SSSR count). The van der Waals surface area contributed by atoms with Gasteiger partial charge in [0, 0.05) is 21.3 Å². The fraction of sp³-hybridized carbons (Fsp3) is 0.846. The molecule has 0 aliphatic carbocycles. The van der Waals surface area contributed by atoms with Crippen LogP contribution in [0.2, 0.25) is 0 Å². The first-order valence-electron chi connectivity index (χ1n) is 6.72. The molecule has 0 aromatic rings. The topological polar surface area (TPSA) is 77.1 Å². The molecule has 7 nitrogen and oxygen atoms in total. The molecule has 0 spiro atoms. The first kappa shape index (κ1) is 20.0. The van der Waals surface area contributed by atoms with Gasteiger partial charge in [-0.3, -0.25) is 0 Å². The molecule has 21 heavy (non-hydrogen) atoms. The molecule has 2 amide bonds. The Kier molecular flexibility index (Phi) is 11.1. The fourth-order valence-corrected chi connectivity index (χ4v) is 2.01. The van der Waals surface area contributed by atoms with E-state index >= 15 is 0 Å². The van der Waals surface area contributed by atoms with Crippen molar-refractivity contribution in [2.45, 2.75) is 25.7 Å². The smallest absolute Gasteiger partial charge is 0.328 e. The van der Waals surface area contributed by atoms with Crippen molar-refractivity contribution in [2.24, 2.45) is 0 Å². The molecule has 0 unspecified atom stereocenters. The number of rotatable bonds is 10. The van der Waals surface area contributed by atoms with E-state index in [0.717, 1.165) is 5.75 Å². The highest BCUT2D eigenvalue weighted by Crippen LogP contribution is 2.04. The molecule has 0 saturated carbocycles. The van der Waals surface area contributed by atoms with Crippen LogP contribution in [0.5, 0.6) is 0 Å². The molecule has 124 valence electrons. The Labute approximate surface area is 130 Å². The second-order valence-electron chi connectivity index (χ2n) is 4.32. The van der Waals surface area contributed by atoms with Crippen molar-refractivity contribution in [1.82, 2.24) is 10.2 Å². The first-order valence-corrected chi connectivity index (χ1v) is 8.12. The van der Waals surface area contributed by atoms with E-state index in [1.165, 1.54) is 19.1 Å². The molecule has 0 bridgehead atoms. The molecule has 0 fully saturated rings. The van der Waals surface area contributed by atoms with Gasteiger partial charge >= 0.3 is 12.0 Å². The molecule has 0 saturated heterocycles. The molecule has 0 radical (unpaired) electrons. The van der Waals surface area contributed by atoms with E-state index in [-0.39, 0.29) is 19.2 Å². The van der Waals surface area contributed by atoms with Crippen LogP contribution in [-0.2, 0) is 19.0 Å². The number of methoxy groups -OCH3 is 2. The van der Waals surface area contributed by atoms with Gasteiger partial charge in [-0.2, -0.15) is 11.8 Å². The van der Waals surface area contributed by atoms with Crippen molar-refractivity contribution in [1.29, 1.82) is 0 Å². The van der Waals surface area contributed by atoms with Crippen LogP contribution in [0.25, 0.3) is 0 Å². The largest absolute Gasteiger partial charge is 0.464 e. The summed E-state index contributed by atoms with van der Waals surface area (Å²) in [6.07, 6.45) is 1.96. The number of ether oxygens (including phenoxy) is 3. The SMILES string of the molecule is CCOC(=O)[C@H](CCSC)NC(=O)N(C)CC(OC)OC. The average molecular weight is 322 g/mol. The minimum absolute atomic E-state index is 0.261. The maximum absolute atomic E-state index is 12.1. The Bertz CT molecular complexity index is 313. The predicted molar refractivity (Wildman–Crippen MR) is 82.4 cm³/mol. The summed E-state index contributed by atoms with van der Waals surface area (Å²) in [7, 11) is 4.61. The molecule has 1 atom stereocenters. The standard InChI is InChI=1S/C13H26N2O5S/c1-6-20-12(16)10(7-8-21-5)14-13(17)15(2)9-11(18-3)19-4/h10-11H,6-9H2,1-5H3,(H,14,17)/t10-/m0/s1. The number of urea groups is 1. The highest BCUT2D eigenvalue weighted by Gasteiger charge is 2.24. The quantitative estimate of drug-likeness (QED) is 0.476. The summed E-state index contributed by atoms with van der Waals surface area (Å²) in [6.45, 7) is 2.28. The number of nitrogens with zero attached hydrogens (tertiary/aromatic N) is 1. The number of amides is 2. The number of likely N-dealkylation sites (N-methyl/N-ethyl adjacent to an activating group) is 1. The molecule has 0 aromatic carbocycles. The van der Waals surface area contributed by atoms with Crippen LogP contribution in [0.4, 0.5) is 4.79 Å². The Morgan fingerprint density at radius 1 is 1.29 bits per heavy atom. The average Bonchev–Trinajstić information content (AvgIpc) is 2.48. The summed E-state index contributed by atoms with van der Waals surface area (Å²) in [4.78, 5) is 25.3. The molecule has 0 aliphatic rings. The maximum atomic E-state index is 12.1. The summed E-state index contributed by atoms with van der Waals surface area (Å²) < 4.78 is 15.0. The Balaban J connectivity index is 4.52. The zero-order chi connectivity index (χ0) is 16.3. The third-order valence-corrected chi connectivity index (χ3v) is 3.42. The molecular weight excluding hydrogens is 296 g/mol. The minimum atomic E-state index is -0.643. The monoisotopic (exact) mass is 322 g/mol. The lowest BCUT2D eigenvalue weighted by Crippen LogP contribution is -2.49. The maximum Gasteiger partial charge on any atom is 0.328 e. The molecule has 0 aliphatic heterocycles. The van der Waals surface area contributed by atoms with Crippen LogP contribution in [0.15, 0.2) is 0 Å². The van der Waals surface area contributed by atoms with Crippen LogP contribution < -0.4 is 5.32 Å². The van der Waals surface area contributed by atoms with Crippen molar-refractivity contribution >= 4 is 23.8 Å². The Hall–Kier alpha value is -0.990. The normalized spacial score (nSPS) is 12.1. The van der Waals surface area contributed by atoms with Gasteiger partial charge in [-0.05, 0) is 25.4 Å². The van der Waals surface area contributed by atoms with E-state index in [2.05, 4.69) is 5.32 Å². The van der Waals surface area contributed by atoms with E-state index in [1.807, 2.05) is 6.26 Å². The third kappa shape index (κ3) is 8.13. The summed E-state index contributed by atoms with van der Waals surface area (Å²) in [5, 5.41) is 2.68. The van der Waals surface area contributed by atoms with Gasteiger partial charge in [-0.15, -0.1) is 0 Å². The summed E-state index contributed by atoms with van der Waals surface area (Å²) >= 11 is 1.61. The Morgan fingerprint density at radius 2 is 1.90 bits per heavy atom. The van der Waals surface area contributed by atoms with Crippen molar-refractivity contribution in [3.8, 4) is 0 Å². The van der Waals surface area contributed by atoms with Crippen LogP contribution in [-0.4, -0.2) is 75.7 Å². The van der Waals surface area contributed by atoms with Crippen LogP contribution >= 0.6 is 11.8 Å². The van der Waals surface area contributed by atoms with Gasteiger partial charge in [-0.1, -0.05) is 0 Å². The highest BCUT2D eigenvalue weighted by atomic mass is 32.2. The molecule has 0 heterocycles. The molecule has 1 N–H and O–H groups in total. The number of thioether (sulfide) groups is 1. The van der Waals surface area contributed by atoms with Crippen molar-refractivity contribution in [2.75, 3.05) is 46.4 Å². The molecule has 8 heteroatoms. The predicted octanol–water partition coefficient (Wildman–Crippen LogP) is 0.931. The van der Waals surface area contributed by atoms with Gasteiger partial charge < -0.3 is 24.4 Å². The van der Waals surface area contributed by atoms with Crippen molar-refractivity contribution in [3.63, 3.8) is 0 Å². The number of hydrogen-bond donors (Lipinski definition) is 1. The third-order valence-electron chi connectivity index (χ3n) is 2.77. The van der Waals surface area contributed by atoms with E-state index in [4.69, 9.17) is 14.2 Å². The second kappa shape index (κ2) is 11.6. The van der Waals surface area contributed by atoms with E-state index in [1.54, 1.807) is 25.7 Å². The van der Waals surface area contributed by atoms with E-state index in [0.29, 0.717) is 6.42 Å². The van der Waals surface area contributed by atoms with Crippen LogP contribution in [0.3, 0.4) is 0 Å². The van der Waals surface area contributed by atoms with E-state index < -0.39 is 18.3 Å². The van der Waals surface area contributed by atoms with Gasteiger partial charge in [0.05, 0.1) is 13.2 Å². The van der Waals surface area contributed by atoms with Gasteiger partial charge in [0.25, 0.3) is 0 Å². The van der Waals surface area contributed by atoms with Crippen LogP contribution in [0.1, 0.15) is 13.3 Å². The first-order chi connectivity index (χ1) is 9.99. The lowest BCUT2D eigenvalue weighted by atomic mass is 10.2. The number of nitrogens with one attached hydrogen (secondary N) is 1. The van der Waals surface area contributed by atoms with Crippen molar-refractivity contribution in [3.05, 3.63) is 0 Å². The van der Waals surface area contributed by atoms with E-state index in [9.17, 15) is 9.59 Å². The number of esters is 1. The Morgan fingerprint density at radius 3 is 2.38 bits per heavy atom. The molecule has 0 aromatic heterocycles. The zero-order valence-corrected chi connectivity index (χ0v) is 14.2. The number of carbonyl (C=O) groups excluding carboxylic acids is 2. The molecular formula is C13H26N2O5S. The zero-order valence-electron chi connectivity index (χ0n) is 13.4. The fourth-order valence-electron chi connectivity index (χ4n) is 1.54. The summed E-state index contributed by atoms with van der Waals surface area (Å²) in [5.74, 6) is 0.343. The van der Waals surface area contributed by atoms with Gasteiger partial charge in [0.15, 0.2) is 6.29 Å². The lowest BCUT2D eigenvalue weighted by Gasteiger charge is -2.25. The van der Waals surface area contributed by atoms with Gasteiger partial charge in [0.2, 0.25) is 0 Å². The summed E-state index contributed by atoms with van der Waals surface area (Å²) in [5.41, 5.74) is 0. The van der Waals surface area contributed by atoms with Crippen molar-refractivity contribution < 1.29 is 23.8 Å². The summed E-state index contributed by atoms with van der Waals surface area (Å²) in [6, 6.07) is -1.01. The van der Waals surface area contributed by atoms with Gasteiger partial charge in [0.1, 0.15) is 6.04 Å². The van der Waals surface area contributed by atoms with Gasteiger partial charge in [-0.25, -0.2) is 9.59 Å².